The molecule has 2 fully saturated rings. The van der Waals surface area contributed by atoms with Gasteiger partial charge in [0, 0.05) is 29.1 Å². The third-order valence-corrected chi connectivity index (χ3v) is 6.18. The Hall–Kier alpha value is -1.81. The Kier molecular flexibility index (Phi) is 5.07. The first-order chi connectivity index (χ1) is 12.3. The van der Waals surface area contributed by atoms with Crippen LogP contribution in [-0.2, 0) is 11.3 Å². The van der Waals surface area contributed by atoms with E-state index >= 15 is 0 Å². The molecule has 2 aliphatic rings. The fourth-order valence-electron chi connectivity index (χ4n) is 4.58. The maximum atomic E-state index is 12.5. The number of fused-ring (bicyclic) bond motifs is 1. The number of benzene rings is 1. The Balaban J connectivity index is 1.26. The predicted octanol–water partition coefficient (Wildman–Crippen LogP) is 2.37. The number of nitrogens with zero attached hydrogens (tertiary/aromatic N) is 1. The fourth-order valence-corrected chi connectivity index (χ4v) is 4.58. The molecule has 0 radical (unpaired) electrons. The standard InChI is InChI=1S/C21H29N3O/c25-21(10-9-17-5-1-2-6-17)24-13-11-23(12-14-24)16-18-15-22-20-8-4-3-7-19(18)20/h3-4,7-8,15,17,22H,1-2,5-6,9-14,16H2/p+1. The average Bonchev–Trinajstić information content (AvgIpc) is 3.31. The van der Waals surface area contributed by atoms with Crippen molar-refractivity contribution >= 4 is 16.8 Å². The van der Waals surface area contributed by atoms with Gasteiger partial charge in [0.05, 0.1) is 26.2 Å². The molecule has 4 nitrogen and oxygen atoms in total. The number of piperazine rings is 1. The molecule has 0 unspecified atom stereocenters. The second kappa shape index (κ2) is 7.61. The van der Waals surface area contributed by atoms with Crippen LogP contribution in [0.1, 0.15) is 44.1 Å². The van der Waals surface area contributed by atoms with Crippen LogP contribution in [-0.4, -0.2) is 42.0 Å². The van der Waals surface area contributed by atoms with Gasteiger partial charge >= 0.3 is 0 Å². The molecule has 2 aromatic rings. The largest absolute Gasteiger partial charge is 0.361 e. The van der Waals surface area contributed by atoms with Crippen molar-refractivity contribution in [3.8, 4) is 0 Å². The van der Waals surface area contributed by atoms with Gasteiger partial charge in [0.25, 0.3) is 0 Å². The molecule has 2 heterocycles. The lowest BCUT2D eigenvalue weighted by Crippen LogP contribution is -3.13. The summed E-state index contributed by atoms with van der Waals surface area (Å²) >= 11 is 0. The van der Waals surface area contributed by atoms with Crippen molar-refractivity contribution in [2.24, 2.45) is 5.92 Å². The monoisotopic (exact) mass is 340 g/mol. The number of carbonyl (C=O) groups is 1. The molecule has 4 heteroatoms. The minimum atomic E-state index is 0.387. The molecule has 1 saturated heterocycles. The molecular formula is C21H30N3O+. The molecule has 1 amide bonds. The number of H-pyrrole nitrogens is 1. The molecule has 0 bridgehead atoms. The van der Waals surface area contributed by atoms with Gasteiger partial charge in [-0.25, -0.2) is 0 Å². The van der Waals surface area contributed by atoms with E-state index in [2.05, 4.69) is 40.3 Å². The first-order valence-electron chi connectivity index (χ1n) is 9.96. The number of amides is 1. The second-order valence-corrected chi connectivity index (χ2v) is 7.86. The molecule has 134 valence electrons. The molecule has 1 aliphatic heterocycles. The van der Waals surface area contributed by atoms with Gasteiger partial charge in [0.2, 0.25) is 5.91 Å². The quantitative estimate of drug-likeness (QED) is 0.862. The molecule has 1 aromatic heterocycles. The zero-order chi connectivity index (χ0) is 17.1. The Morgan fingerprint density at radius 3 is 2.72 bits per heavy atom. The Morgan fingerprint density at radius 1 is 1.16 bits per heavy atom. The molecule has 2 N–H and O–H groups in total. The van der Waals surface area contributed by atoms with Crippen LogP contribution in [0.15, 0.2) is 30.5 Å². The first-order valence-corrected chi connectivity index (χ1v) is 9.96. The SMILES string of the molecule is O=C(CCC1CCCC1)N1CC[NH+](Cc2c[nH]c3ccccc23)CC1. The molecule has 1 aromatic carbocycles. The van der Waals surface area contributed by atoms with Crippen molar-refractivity contribution in [2.75, 3.05) is 26.2 Å². The summed E-state index contributed by atoms with van der Waals surface area (Å²) in [5.74, 6) is 1.20. The maximum Gasteiger partial charge on any atom is 0.222 e. The molecule has 25 heavy (non-hydrogen) atoms. The Morgan fingerprint density at radius 2 is 1.92 bits per heavy atom. The van der Waals surface area contributed by atoms with Gasteiger partial charge in [-0.3, -0.25) is 4.79 Å². The van der Waals surface area contributed by atoms with Gasteiger partial charge in [-0.1, -0.05) is 43.9 Å². The molecular weight excluding hydrogens is 310 g/mol. The number of nitrogens with one attached hydrogen (secondary N) is 2. The van der Waals surface area contributed by atoms with Crippen LogP contribution >= 0.6 is 0 Å². The highest BCUT2D eigenvalue weighted by atomic mass is 16.2. The number of hydrogen-bond donors (Lipinski definition) is 2. The average molecular weight is 340 g/mol. The molecule has 1 saturated carbocycles. The highest BCUT2D eigenvalue weighted by molar-refractivity contribution is 5.82. The van der Waals surface area contributed by atoms with E-state index in [-0.39, 0.29) is 0 Å². The van der Waals surface area contributed by atoms with Crippen LogP contribution in [0.4, 0.5) is 0 Å². The smallest absolute Gasteiger partial charge is 0.222 e. The summed E-state index contributed by atoms with van der Waals surface area (Å²) < 4.78 is 0. The van der Waals surface area contributed by atoms with Crippen molar-refractivity contribution in [2.45, 2.75) is 45.1 Å². The summed E-state index contributed by atoms with van der Waals surface area (Å²) in [6.45, 7) is 5.01. The second-order valence-electron chi connectivity index (χ2n) is 7.86. The first kappa shape index (κ1) is 16.6. The highest BCUT2D eigenvalue weighted by Crippen LogP contribution is 2.28. The van der Waals surface area contributed by atoms with E-state index in [4.69, 9.17) is 0 Å². The van der Waals surface area contributed by atoms with Crippen molar-refractivity contribution in [1.82, 2.24) is 9.88 Å². The third kappa shape index (κ3) is 3.90. The zero-order valence-electron chi connectivity index (χ0n) is 15.1. The van der Waals surface area contributed by atoms with Crippen molar-refractivity contribution in [1.29, 1.82) is 0 Å². The lowest BCUT2D eigenvalue weighted by Gasteiger charge is -2.32. The van der Waals surface area contributed by atoms with Gasteiger partial charge in [0.1, 0.15) is 6.54 Å². The van der Waals surface area contributed by atoms with Gasteiger partial charge in [-0.2, -0.15) is 0 Å². The van der Waals surface area contributed by atoms with Crippen LogP contribution in [0.2, 0.25) is 0 Å². The summed E-state index contributed by atoms with van der Waals surface area (Å²) in [5.41, 5.74) is 2.62. The van der Waals surface area contributed by atoms with Crippen molar-refractivity contribution in [3.05, 3.63) is 36.0 Å². The number of quaternary nitrogens is 1. The van der Waals surface area contributed by atoms with E-state index in [0.29, 0.717) is 5.91 Å². The zero-order valence-corrected chi connectivity index (χ0v) is 15.1. The van der Waals surface area contributed by atoms with Gasteiger partial charge < -0.3 is 14.8 Å². The van der Waals surface area contributed by atoms with Crippen LogP contribution in [0.25, 0.3) is 10.9 Å². The summed E-state index contributed by atoms with van der Waals surface area (Å²) in [5, 5.41) is 1.34. The summed E-state index contributed by atoms with van der Waals surface area (Å²) in [6, 6.07) is 8.51. The van der Waals surface area contributed by atoms with Crippen molar-refractivity contribution < 1.29 is 9.69 Å². The summed E-state index contributed by atoms with van der Waals surface area (Å²) in [7, 11) is 0. The van der Waals surface area contributed by atoms with Gasteiger partial charge in [-0.15, -0.1) is 0 Å². The molecule has 1 aliphatic carbocycles. The molecule has 4 rings (SSSR count). The summed E-state index contributed by atoms with van der Waals surface area (Å²) in [4.78, 5) is 19.5. The highest BCUT2D eigenvalue weighted by Gasteiger charge is 2.25. The van der Waals surface area contributed by atoms with Crippen LogP contribution < -0.4 is 4.90 Å². The Bertz CT molecular complexity index is 709. The normalized spacial score (nSPS) is 19.8. The summed E-state index contributed by atoms with van der Waals surface area (Å²) in [6.07, 6.45) is 9.45. The van der Waals surface area contributed by atoms with E-state index in [1.807, 2.05) is 0 Å². The number of aromatic nitrogens is 1. The van der Waals surface area contributed by atoms with Crippen LogP contribution in [0.3, 0.4) is 0 Å². The van der Waals surface area contributed by atoms with E-state index in [1.165, 1.54) is 42.1 Å². The van der Waals surface area contributed by atoms with E-state index in [9.17, 15) is 4.79 Å². The number of aromatic amines is 1. The van der Waals surface area contributed by atoms with E-state index in [0.717, 1.165) is 51.5 Å². The lowest BCUT2D eigenvalue weighted by atomic mass is 10.0. The minimum absolute atomic E-state index is 0.387. The van der Waals surface area contributed by atoms with E-state index < -0.39 is 0 Å². The number of para-hydroxylation sites is 1. The lowest BCUT2D eigenvalue weighted by molar-refractivity contribution is -0.917. The topological polar surface area (TPSA) is 40.5 Å². The fraction of sp³-hybridized carbons (Fsp3) is 0.571. The van der Waals surface area contributed by atoms with E-state index in [1.54, 1.807) is 4.90 Å². The molecule has 0 spiro atoms. The van der Waals surface area contributed by atoms with Gasteiger partial charge in [0.15, 0.2) is 0 Å². The molecule has 0 atom stereocenters. The van der Waals surface area contributed by atoms with Crippen LogP contribution in [0.5, 0.6) is 0 Å². The number of carbonyl (C=O) groups excluding carboxylic acids is 1. The minimum Gasteiger partial charge on any atom is -0.361 e. The van der Waals surface area contributed by atoms with Gasteiger partial charge in [-0.05, 0) is 18.4 Å². The third-order valence-electron chi connectivity index (χ3n) is 6.18. The predicted molar refractivity (Wildman–Crippen MR) is 100 cm³/mol. The Labute approximate surface area is 150 Å². The van der Waals surface area contributed by atoms with Crippen LogP contribution in [0, 0.1) is 5.92 Å². The van der Waals surface area contributed by atoms with Crippen molar-refractivity contribution in [3.63, 3.8) is 0 Å². The number of rotatable bonds is 5. The maximum absolute atomic E-state index is 12.5. The number of hydrogen-bond acceptors (Lipinski definition) is 1.